The fourth-order valence-electron chi connectivity index (χ4n) is 2.51. The van der Waals surface area contributed by atoms with Crippen molar-refractivity contribution in [2.24, 2.45) is 10.4 Å². The Morgan fingerprint density at radius 2 is 1.85 bits per heavy atom. The van der Waals surface area contributed by atoms with Crippen LogP contribution in [0.1, 0.15) is 39.7 Å². The first-order valence-electron chi connectivity index (χ1n) is 9.45. The summed E-state index contributed by atoms with van der Waals surface area (Å²) in [5.74, 6) is 1.88. The highest BCUT2D eigenvalue weighted by molar-refractivity contribution is 7.90. The molecule has 0 fully saturated rings. The van der Waals surface area contributed by atoms with E-state index in [1.807, 2.05) is 33.0 Å². The molecule has 0 aliphatic rings. The maximum Gasteiger partial charge on any atom is 0.193 e. The van der Waals surface area contributed by atoms with E-state index in [4.69, 9.17) is 9.73 Å². The fourth-order valence-corrected chi connectivity index (χ4v) is 3.43. The summed E-state index contributed by atoms with van der Waals surface area (Å²) in [6, 6.07) is 8.07. The second-order valence-electron chi connectivity index (χ2n) is 7.65. The quantitative estimate of drug-likeness (QED) is 0.485. The van der Waals surface area contributed by atoms with Crippen LogP contribution < -0.4 is 10.1 Å². The number of benzene rings is 1. The normalized spacial score (nSPS) is 12.7. The minimum atomic E-state index is -2.96. The number of hydrogen-bond donors (Lipinski definition) is 1. The predicted octanol–water partition coefficient (Wildman–Crippen LogP) is 2.94. The van der Waals surface area contributed by atoms with E-state index in [1.165, 1.54) is 11.8 Å². The van der Waals surface area contributed by atoms with Gasteiger partial charge in [-0.25, -0.2) is 8.42 Å². The predicted molar refractivity (Wildman–Crippen MR) is 113 cm³/mol. The SMILES string of the molecule is CCNC(=NCC(C)(C)CCS(C)(=O)=O)N(C)Cc1ccc(OCC)cc1. The van der Waals surface area contributed by atoms with Crippen LogP contribution in [-0.4, -0.2) is 58.0 Å². The molecule has 0 heterocycles. The largest absolute Gasteiger partial charge is 0.494 e. The Kier molecular flexibility index (Phi) is 9.09. The van der Waals surface area contributed by atoms with Crippen molar-refractivity contribution < 1.29 is 13.2 Å². The second kappa shape index (κ2) is 10.5. The molecule has 1 aromatic rings. The van der Waals surface area contributed by atoms with E-state index >= 15 is 0 Å². The van der Waals surface area contributed by atoms with Crippen molar-refractivity contribution in [2.75, 3.05) is 38.8 Å². The number of aliphatic imine (C=N–C) groups is 1. The van der Waals surface area contributed by atoms with Gasteiger partial charge in [0.15, 0.2) is 5.96 Å². The van der Waals surface area contributed by atoms with Crippen LogP contribution in [0.15, 0.2) is 29.3 Å². The molecule has 154 valence electrons. The molecule has 0 amide bonds. The molecule has 1 N–H and O–H groups in total. The molecule has 27 heavy (non-hydrogen) atoms. The Morgan fingerprint density at radius 1 is 1.22 bits per heavy atom. The Balaban J connectivity index is 2.75. The highest BCUT2D eigenvalue weighted by Crippen LogP contribution is 2.21. The van der Waals surface area contributed by atoms with Crippen LogP contribution in [0.2, 0.25) is 0 Å². The molecule has 0 bridgehead atoms. The lowest BCUT2D eigenvalue weighted by atomic mass is 9.90. The maximum absolute atomic E-state index is 11.4. The average molecular weight is 398 g/mol. The van der Waals surface area contributed by atoms with Crippen LogP contribution in [0.4, 0.5) is 0 Å². The van der Waals surface area contributed by atoms with Crippen LogP contribution in [-0.2, 0) is 16.4 Å². The number of ether oxygens (including phenoxy) is 1. The zero-order valence-electron chi connectivity index (χ0n) is 17.6. The van der Waals surface area contributed by atoms with E-state index in [9.17, 15) is 8.42 Å². The lowest BCUT2D eigenvalue weighted by molar-refractivity contribution is 0.340. The summed E-state index contributed by atoms with van der Waals surface area (Å²) < 4.78 is 28.3. The van der Waals surface area contributed by atoms with Gasteiger partial charge in [-0.1, -0.05) is 26.0 Å². The highest BCUT2D eigenvalue weighted by Gasteiger charge is 2.20. The third-order valence-corrected chi connectivity index (χ3v) is 5.10. The molecule has 0 aromatic heterocycles. The van der Waals surface area contributed by atoms with E-state index in [2.05, 4.69) is 36.2 Å². The lowest BCUT2D eigenvalue weighted by Crippen LogP contribution is -2.39. The van der Waals surface area contributed by atoms with Gasteiger partial charge in [0.1, 0.15) is 15.6 Å². The molecule has 0 aliphatic heterocycles. The molecule has 1 aromatic carbocycles. The molecule has 1 rings (SSSR count). The summed E-state index contributed by atoms with van der Waals surface area (Å²) in [5.41, 5.74) is 0.992. The Labute approximate surface area is 164 Å². The second-order valence-corrected chi connectivity index (χ2v) is 9.91. The number of nitrogens with one attached hydrogen (secondary N) is 1. The molecular weight excluding hydrogens is 362 g/mol. The first-order valence-corrected chi connectivity index (χ1v) is 11.5. The molecule has 7 heteroatoms. The zero-order chi connectivity index (χ0) is 20.5. The van der Waals surface area contributed by atoms with Gasteiger partial charge in [-0.2, -0.15) is 0 Å². The Morgan fingerprint density at radius 3 is 2.37 bits per heavy atom. The van der Waals surface area contributed by atoms with Gasteiger partial charge in [0, 0.05) is 32.9 Å². The van der Waals surface area contributed by atoms with Gasteiger partial charge < -0.3 is 15.0 Å². The van der Waals surface area contributed by atoms with Crippen LogP contribution in [0.3, 0.4) is 0 Å². The first kappa shape index (κ1) is 23.3. The van der Waals surface area contributed by atoms with Gasteiger partial charge in [0.05, 0.1) is 12.4 Å². The van der Waals surface area contributed by atoms with Crippen LogP contribution >= 0.6 is 0 Å². The molecule has 0 atom stereocenters. The van der Waals surface area contributed by atoms with E-state index in [0.717, 1.165) is 24.8 Å². The summed E-state index contributed by atoms with van der Waals surface area (Å²) in [7, 11) is -0.954. The van der Waals surface area contributed by atoms with Gasteiger partial charge in [0.25, 0.3) is 0 Å². The van der Waals surface area contributed by atoms with Crippen molar-refractivity contribution >= 4 is 15.8 Å². The molecule has 0 spiro atoms. The summed E-state index contributed by atoms with van der Waals surface area (Å²) in [6.45, 7) is 10.8. The highest BCUT2D eigenvalue weighted by atomic mass is 32.2. The van der Waals surface area contributed by atoms with Gasteiger partial charge in [0.2, 0.25) is 0 Å². The summed E-state index contributed by atoms with van der Waals surface area (Å²) >= 11 is 0. The Hall–Kier alpha value is -1.76. The molecule has 0 saturated carbocycles. The van der Waals surface area contributed by atoms with Crippen molar-refractivity contribution in [1.29, 1.82) is 0 Å². The van der Waals surface area contributed by atoms with Crippen molar-refractivity contribution in [3.05, 3.63) is 29.8 Å². The molecule has 0 radical (unpaired) electrons. The van der Waals surface area contributed by atoms with Gasteiger partial charge in [-0.05, 0) is 43.4 Å². The zero-order valence-corrected chi connectivity index (χ0v) is 18.4. The number of guanidine groups is 1. The standard InChI is InChI=1S/C20H35N3O3S/c1-7-21-19(22-16-20(3,4)13-14-27(6,24)25)23(5)15-17-9-11-18(12-10-17)26-8-2/h9-12H,7-8,13-16H2,1-6H3,(H,21,22). The van der Waals surface area contributed by atoms with E-state index in [-0.39, 0.29) is 11.2 Å². The smallest absolute Gasteiger partial charge is 0.193 e. The van der Waals surface area contributed by atoms with Crippen molar-refractivity contribution in [2.45, 2.75) is 40.7 Å². The molecule has 0 unspecified atom stereocenters. The molecule has 0 saturated heterocycles. The van der Waals surface area contributed by atoms with Crippen LogP contribution in [0.5, 0.6) is 5.75 Å². The van der Waals surface area contributed by atoms with Gasteiger partial charge >= 0.3 is 0 Å². The van der Waals surface area contributed by atoms with Crippen molar-refractivity contribution in [1.82, 2.24) is 10.2 Å². The first-order chi connectivity index (χ1) is 12.6. The number of nitrogens with zero attached hydrogens (tertiary/aromatic N) is 2. The molecular formula is C20H35N3O3S. The van der Waals surface area contributed by atoms with E-state index in [0.29, 0.717) is 19.6 Å². The minimum absolute atomic E-state index is 0.177. The maximum atomic E-state index is 11.4. The average Bonchev–Trinajstić information content (AvgIpc) is 2.58. The Bertz CT molecular complexity index is 698. The molecule has 6 nitrogen and oxygen atoms in total. The summed E-state index contributed by atoms with van der Waals surface area (Å²) in [6.07, 6.45) is 1.87. The number of hydrogen-bond acceptors (Lipinski definition) is 4. The van der Waals surface area contributed by atoms with Gasteiger partial charge in [-0.15, -0.1) is 0 Å². The van der Waals surface area contributed by atoms with Crippen LogP contribution in [0.25, 0.3) is 0 Å². The summed E-state index contributed by atoms with van der Waals surface area (Å²) in [5, 5.41) is 3.31. The molecule has 0 aliphatic carbocycles. The third-order valence-electron chi connectivity index (χ3n) is 4.16. The minimum Gasteiger partial charge on any atom is -0.494 e. The third kappa shape index (κ3) is 9.65. The lowest BCUT2D eigenvalue weighted by Gasteiger charge is -2.26. The van der Waals surface area contributed by atoms with Gasteiger partial charge in [-0.3, -0.25) is 4.99 Å². The fraction of sp³-hybridized carbons (Fsp3) is 0.650. The van der Waals surface area contributed by atoms with Crippen molar-refractivity contribution in [3.8, 4) is 5.75 Å². The monoisotopic (exact) mass is 397 g/mol. The number of sulfone groups is 1. The van der Waals surface area contributed by atoms with Crippen LogP contribution in [0, 0.1) is 5.41 Å². The van der Waals surface area contributed by atoms with E-state index < -0.39 is 9.84 Å². The van der Waals surface area contributed by atoms with E-state index in [1.54, 1.807) is 0 Å². The number of rotatable bonds is 10. The topological polar surface area (TPSA) is 71.0 Å². The van der Waals surface area contributed by atoms with Crippen molar-refractivity contribution in [3.63, 3.8) is 0 Å². The summed E-state index contributed by atoms with van der Waals surface area (Å²) in [4.78, 5) is 6.82.